The van der Waals surface area contributed by atoms with Crippen LogP contribution in [-0.4, -0.2) is 27.9 Å². The third-order valence-corrected chi connectivity index (χ3v) is 3.47. The largest absolute Gasteiger partial charge is 0.362 e. The van der Waals surface area contributed by atoms with E-state index >= 15 is 0 Å². The monoisotopic (exact) mass is 235 g/mol. The molecule has 1 aromatic heterocycles. The number of aromatic amines is 1. The van der Waals surface area contributed by atoms with E-state index in [1.165, 1.54) is 0 Å². The maximum absolute atomic E-state index is 12.0. The van der Waals surface area contributed by atoms with Gasteiger partial charge in [0.15, 0.2) is 0 Å². The first kappa shape index (κ1) is 12.2. The van der Waals surface area contributed by atoms with Gasteiger partial charge in [-0.3, -0.25) is 4.79 Å². The number of likely N-dealkylation sites (tertiary alicyclic amines) is 1. The summed E-state index contributed by atoms with van der Waals surface area (Å²) in [7, 11) is 0. The lowest BCUT2D eigenvalue weighted by Gasteiger charge is -2.30. The Kier molecular flexibility index (Phi) is 3.00. The van der Waals surface area contributed by atoms with Crippen LogP contribution in [-0.2, 0) is 4.79 Å². The third kappa shape index (κ3) is 1.97. The summed E-state index contributed by atoms with van der Waals surface area (Å²) >= 11 is 0. The summed E-state index contributed by atoms with van der Waals surface area (Å²) in [4.78, 5) is 17.2. The topological polar surface area (TPSA) is 62.1 Å². The van der Waals surface area contributed by atoms with Gasteiger partial charge in [0, 0.05) is 29.9 Å². The smallest absolute Gasteiger partial charge is 0.225 e. The molecule has 1 aromatic rings. The van der Waals surface area contributed by atoms with E-state index < -0.39 is 0 Å². The van der Waals surface area contributed by atoms with E-state index in [2.05, 4.69) is 11.1 Å². The van der Waals surface area contributed by atoms with Gasteiger partial charge in [0.2, 0.25) is 5.91 Å². The van der Waals surface area contributed by atoms with Crippen LogP contribution < -0.4 is 5.73 Å². The first-order valence-electron chi connectivity index (χ1n) is 6.14. The highest BCUT2D eigenvalue weighted by Gasteiger charge is 2.40. The van der Waals surface area contributed by atoms with Gasteiger partial charge in [-0.05, 0) is 39.3 Å². The highest BCUT2D eigenvalue weighted by atomic mass is 16.2. The quantitative estimate of drug-likeness (QED) is 0.818. The molecule has 4 heteroatoms. The lowest BCUT2D eigenvalue weighted by atomic mass is 10.0. The fourth-order valence-electron chi connectivity index (χ4n) is 2.82. The molecule has 4 nitrogen and oxygen atoms in total. The standard InChI is InChI=1S/C13H21N3O/c1-7(2)16-12(17)6-11(14)13(16)10-5-8(3)15-9(10)4/h5,7,11,13,15H,6,14H2,1-4H3/t11-,13+/m1/s1. The lowest BCUT2D eigenvalue weighted by Crippen LogP contribution is -2.37. The molecular formula is C13H21N3O. The SMILES string of the molecule is Cc1cc([C@H]2[C@H](N)CC(=O)N2C(C)C)c(C)[nH]1. The number of aromatic nitrogens is 1. The third-order valence-electron chi connectivity index (χ3n) is 3.47. The first-order valence-corrected chi connectivity index (χ1v) is 6.14. The van der Waals surface area contributed by atoms with Crippen molar-refractivity contribution < 1.29 is 4.79 Å². The molecule has 0 unspecified atom stereocenters. The number of H-pyrrole nitrogens is 1. The fourth-order valence-corrected chi connectivity index (χ4v) is 2.82. The molecule has 2 heterocycles. The minimum Gasteiger partial charge on any atom is -0.362 e. The summed E-state index contributed by atoms with van der Waals surface area (Å²) < 4.78 is 0. The Morgan fingerprint density at radius 1 is 1.47 bits per heavy atom. The highest BCUT2D eigenvalue weighted by Crippen LogP contribution is 2.35. The molecule has 1 aliphatic heterocycles. The number of nitrogens with two attached hydrogens (primary N) is 1. The average Bonchev–Trinajstić information content (AvgIpc) is 2.66. The average molecular weight is 235 g/mol. The Morgan fingerprint density at radius 3 is 2.59 bits per heavy atom. The highest BCUT2D eigenvalue weighted by molar-refractivity contribution is 5.80. The van der Waals surface area contributed by atoms with Gasteiger partial charge in [0.1, 0.15) is 0 Å². The van der Waals surface area contributed by atoms with Gasteiger partial charge in [-0.15, -0.1) is 0 Å². The molecule has 0 aromatic carbocycles. The van der Waals surface area contributed by atoms with Gasteiger partial charge in [-0.25, -0.2) is 0 Å². The number of hydrogen-bond donors (Lipinski definition) is 2. The van der Waals surface area contributed by atoms with Crippen LogP contribution in [0.1, 0.15) is 43.3 Å². The molecule has 1 aliphatic rings. The molecule has 2 rings (SSSR count). The molecule has 1 amide bonds. The van der Waals surface area contributed by atoms with E-state index in [9.17, 15) is 4.79 Å². The van der Waals surface area contributed by atoms with Crippen molar-refractivity contribution in [2.45, 2.75) is 52.2 Å². The molecule has 1 fully saturated rings. The van der Waals surface area contributed by atoms with Crippen LogP contribution in [0.4, 0.5) is 0 Å². The predicted octanol–water partition coefficient (Wildman–Crippen LogP) is 1.64. The molecule has 3 N–H and O–H groups in total. The van der Waals surface area contributed by atoms with E-state index in [1.807, 2.05) is 32.6 Å². The van der Waals surface area contributed by atoms with Crippen LogP contribution in [0.5, 0.6) is 0 Å². The van der Waals surface area contributed by atoms with E-state index in [4.69, 9.17) is 5.73 Å². The summed E-state index contributed by atoms with van der Waals surface area (Å²) in [6, 6.07) is 2.22. The zero-order valence-corrected chi connectivity index (χ0v) is 10.9. The fraction of sp³-hybridized carbons (Fsp3) is 0.615. The number of nitrogens with zero attached hydrogens (tertiary/aromatic N) is 1. The van der Waals surface area contributed by atoms with Crippen LogP contribution >= 0.6 is 0 Å². The van der Waals surface area contributed by atoms with E-state index in [0.29, 0.717) is 6.42 Å². The Bertz CT molecular complexity index is 436. The van der Waals surface area contributed by atoms with Crippen LogP contribution in [0.2, 0.25) is 0 Å². The Morgan fingerprint density at radius 2 is 2.12 bits per heavy atom. The molecule has 94 valence electrons. The van der Waals surface area contributed by atoms with Crippen molar-refractivity contribution >= 4 is 5.91 Å². The maximum atomic E-state index is 12.0. The lowest BCUT2D eigenvalue weighted by molar-refractivity contribution is -0.130. The van der Waals surface area contributed by atoms with Gasteiger partial charge < -0.3 is 15.6 Å². The van der Waals surface area contributed by atoms with E-state index in [1.54, 1.807) is 0 Å². The molecule has 17 heavy (non-hydrogen) atoms. The van der Waals surface area contributed by atoms with Crippen LogP contribution in [0, 0.1) is 13.8 Å². The second-order valence-electron chi connectivity index (χ2n) is 5.24. The Balaban J connectivity index is 2.41. The number of carbonyl (C=O) groups excluding carboxylic acids is 1. The molecule has 0 aliphatic carbocycles. The van der Waals surface area contributed by atoms with Crippen molar-refractivity contribution in [3.63, 3.8) is 0 Å². The summed E-state index contributed by atoms with van der Waals surface area (Å²) in [5, 5.41) is 0. The predicted molar refractivity (Wildman–Crippen MR) is 67.6 cm³/mol. The van der Waals surface area contributed by atoms with Gasteiger partial charge in [-0.1, -0.05) is 0 Å². The number of rotatable bonds is 2. The molecule has 1 saturated heterocycles. The van der Waals surface area contributed by atoms with Crippen LogP contribution in [0.3, 0.4) is 0 Å². The zero-order chi connectivity index (χ0) is 12.7. The molecule has 0 bridgehead atoms. The normalized spacial score (nSPS) is 25.1. The van der Waals surface area contributed by atoms with E-state index in [0.717, 1.165) is 17.0 Å². The first-order chi connectivity index (χ1) is 7.91. The van der Waals surface area contributed by atoms with Crippen LogP contribution in [0.25, 0.3) is 0 Å². The van der Waals surface area contributed by atoms with E-state index in [-0.39, 0.29) is 24.0 Å². The van der Waals surface area contributed by atoms with Gasteiger partial charge >= 0.3 is 0 Å². The summed E-state index contributed by atoms with van der Waals surface area (Å²) in [5.74, 6) is 0.163. The van der Waals surface area contributed by atoms with Gasteiger partial charge in [0.05, 0.1) is 6.04 Å². The summed E-state index contributed by atoms with van der Waals surface area (Å²) in [6.07, 6.45) is 0.451. The molecule has 0 saturated carbocycles. The van der Waals surface area contributed by atoms with Crippen molar-refractivity contribution in [2.24, 2.45) is 5.73 Å². The molecular weight excluding hydrogens is 214 g/mol. The minimum absolute atomic E-state index is 0.0208. The minimum atomic E-state index is -0.0983. The second-order valence-corrected chi connectivity index (χ2v) is 5.24. The van der Waals surface area contributed by atoms with Gasteiger partial charge in [0.25, 0.3) is 0 Å². The van der Waals surface area contributed by atoms with Crippen molar-refractivity contribution in [2.75, 3.05) is 0 Å². The van der Waals surface area contributed by atoms with Crippen molar-refractivity contribution in [3.8, 4) is 0 Å². The maximum Gasteiger partial charge on any atom is 0.225 e. The number of aryl methyl sites for hydroxylation is 2. The van der Waals surface area contributed by atoms with Gasteiger partial charge in [-0.2, -0.15) is 0 Å². The van der Waals surface area contributed by atoms with Crippen molar-refractivity contribution in [3.05, 3.63) is 23.0 Å². The zero-order valence-electron chi connectivity index (χ0n) is 10.9. The number of nitrogens with one attached hydrogen (secondary N) is 1. The molecule has 0 spiro atoms. The molecule has 2 atom stereocenters. The summed E-state index contributed by atoms with van der Waals surface area (Å²) in [5.41, 5.74) is 9.53. The Labute approximate surface area is 102 Å². The number of amides is 1. The molecule has 0 radical (unpaired) electrons. The number of hydrogen-bond acceptors (Lipinski definition) is 2. The second kappa shape index (κ2) is 4.18. The van der Waals surface area contributed by atoms with Crippen molar-refractivity contribution in [1.82, 2.24) is 9.88 Å². The number of carbonyl (C=O) groups is 1. The van der Waals surface area contributed by atoms with Crippen molar-refractivity contribution in [1.29, 1.82) is 0 Å². The summed E-state index contributed by atoms with van der Waals surface area (Å²) in [6.45, 7) is 8.14. The van der Waals surface area contributed by atoms with Crippen LogP contribution in [0.15, 0.2) is 6.07 Å². The Hall–Kier alpha value is -1.29.